The van der Waals surface area contributed by atoms with Crippen LogP contribution >= 0.6 is 11.6 Å². The molecule has 2 aromatic rings. The molecule has 1 amide bonds. The van der Waals surface area contributed by atoms with Gasteiger partial charge in [0, 0.05) is 56.4 Å². The van der Waals surface area contributed by atoms with Crippen LogP contribution in [0.5, 0.6) is 5.75 Å². The molecule has 0 radical (unpaired) electrons. The van der Waals surface area contributed by atoms with E-state index < -0.39 is 36.8 Å². The molecule has 290 valence electrons. The van der Waals surface area contributed by atoms with Crippen molar-refractivity contribution in [3.05, 3.63) is 58.1 Å². The normalized spacial score (nSPS) is 23.1. The van der Waals surface area contributed by atoms with E-state index in [9.17, 15) is 26.7 Å². The third-order valence-corrected chi connectivity index (χ3v) is 15.0. The molecule has 0 unspecified atom stereocenters. The molecule has 2 N–H and O–H groups in total. The van der Waals surface area contributed by atoms with Crippen LogP contribution in [0.1, 0.15) is 87.7 Å². The number of hydrogen-bond acceptors (Lipinski definition) is 9. The second kappa shape index (κ2) is 16.9. The van der Waals surface area contributed by atoms with Gasteiger partial charge < -0.3 is 14.7 Å². The predicted molar refractivity (Wildman–Crippen MR) is 207 cm³/mol. The number of piperazine rings is 1. The highest BCUT2D eigenvalue weighted by Gasteiger charge is 2.45. The highest BCUT2D eigenvalue weighted by atomic mass is 35.5. The number of sulfonamides is 2. The molecule has 1 saturated carbocycles. The van der Waals surface area contributed by atoms with E-state index in [1.165, 1.54) is 10.6 Å². The highest BCUT2D eigenvalue weighted by Crippen LogP contribution is 2.44. The second-order valence-electron chi connectivity index (χ2n) is 15.5. The number of benzene rings is 2. The highest BCUT2D eigenvalue weighted by molar-refractivity contribution is 7.90. The molecular weight excluding hydrogens is 724 g/mol. The summed E-state index contributed by atoms with van der Waals surface area (Å²) >= 11 is 6.36. The Morgan fingerprint density at radius 1 is 1.02 bits per heavy atom. The van der Waals surface area contributed by atoms with Gasteiger partial charge in [-0.05, 0) is 112 Å². The average Bonchev–Trinajstić information content (AvgIpc) is 3.08. The first-order valence-electron chi connectivity index (χ1n) is 18.7. The number of halogens is 1. The Kier molecular flexibility index (Phi) is 13.3. The van der Waals surface area contributed by atoms with Crippen LogP contribution in [0, 0.1) is 17.8 Å². The molecule has 1 saturated heterocycles. The van der Waals surface area contributed by atoms with Gasteiger partial charge in [-0.15, -0.1) is 0 Å². The van der Waals surface area contributed by atoms with Crippen molar-refractivity contribution < 1.29 is 31.5 Å². The van der Waals surface area contributed by atoms with Crippen LogP contribution in [0.3, 0.4) is 0 Å². The number of rotatable bonds is 12. The molecule has 52 heavy (non-hydrogen) atoms. The molecular formula is C38H57ClN4O7S2. The summed E-state index contributed by atoms with van der Waals surface area (Å²) in [5.41, 5.74) is 2.16. The van der Waals surface area contributed by atoms with Gasteiger partial charge in [0.25, 0.3) is 5.91 Å². The van der Waals surface area contributed by atoms with E-state index in [1.54, 1.807) is 25.1 Å². The number of amides is 1. The summed E-state index contributed by atoms with van der Waals surface area (Å²) in [6.07, 6.45) is 7.26. The first kappa shape index (κ1) is 40.8. The van der Waals surface area contributed by atoms with E-state index in [0.717, 1.165) is 61.8 Å². The standard InChI is InChI=1S/C38H57ClN4O7S2/c1-6-9-27(2)28(3)52(48,49)40-37(44)30-13-16-36-35(23-30)42(17-8-7-10-29-22-33(39)14-11-32(29)25-50-36)24-31-12-15-34(31)38(4,45)26-41-18-20-43(21-19-41)51(5,46)47/h11,13-14,16,22-23,27-28,31,34,45H,6-10,12,15,17-21,24-26H2,1-5H3,(H,40,44)/t27-,28+,31-,34+,38+/m0/s1. The van der Waals surface area contributed by atoms with Gasteiger partial charge in [-0.3, -0.25) is 9.69 Å². The van der Waals surface area contributed by atoms with E-state index in [2.05, 4.69) is 14.5 Å². The Morgan fingerprint density at radius 3 is 2.40 bits per heavy atom. The lowest BCUT2D eigenvalue weighted by molar-refractivity contribution is -0.0884. The van der Waals surface area contributed by atoms with E-state index >= 15 is 0 Å². The average molecular weight is 781 g/mol. The molecule has 0 spiro atoms. The number of carbonyl (C=O) groups excluding carboxylic acids is 1. The largest absolute Gasteiger partial charge is 0.487 e. The number of anilines is 1. The van der Waals surface area contributed by atoms with Gasteiger partial charge in [-0.2, -0.15) is 4.31 Å². The minimum Gasteiger partial charge on any atom is -0.487 e. The van der Waals surface area contributed by atoms with E-state index in [0.29, 0.717) is 63.2 Å². The number of aryl methyl sites for hydroxylation is 1. The van der Waals surface area contributed by atoms with E-state index in [4.69, 9.17) is 16.3 Å². The van der Waals surface area contributed by atoms with Crippen molar-refractivity contribution in [2.45, 2.75) is 90.1 Å². The van der Waals surface area contributed by atoms with Crippen LogP contribution in [-0.4, -0.2) is 100.0 Å². The van der Waals surface area contributed by atoms with E-state index in [-0.39, 0.29) is 23.3 Å². The van der Waals surface area contributed by atoms with Crippen molar-refractivity contribution in [2.75, 3.05) is 57.0 Å². The fourth-order valence-electron chi connectivity index (χ4n) is 8.04. The predicted octanol–water partition coefficient (Wildman–Crippen LogP) is 5.30. The number of aliphatic hydroxyl groups is 1. The summed E-state index contributed by atoms with van der Waals surface area (Å²) in [6, 6.07) is 11.0. The summed E-state index contributed by atoms with van der Waals surface area (Å²) in [4.78, 5) is 18.0. The van der Waals surface area contributed by atoms with Crippen LogP contribution in [0.4, 0.5) is 5.69 Å². The molecule has 5 rings (SSSR count). The number of fused-ring (bicyclic) bond motifs is 2. The topological polar surface area (TPSA) is 137 Å². The first-order valence-corrected chi connectivity index (χ1v) is 22.5. The molecule has 3 aliphatic rings. The zero-order valence-electron chi connectivity index (χ0n) is 31.3. The van der Waals surface area contributed by atoms with Gasteiger partial charge in [0.2, 0.25) is 20.0 Å². The molecule has 11 nitrogen and oxygen atoms in total. The van der Waals surface area contributed by atoms with Crippen LogP contribution in [0.2, 0.25) is 5.02 Å². The van der Waals surface area contributed by atoms with Crippen LogP contribution < -0.4 is 14.4 Å². The lowest BCUT2D eigenvalue weighted by atomic mass is 9.65. The second-order valence-corrected chi connectivity index (χ2v) is 19.9. The number of nitrogens with zero attached hydrogens (tertiary/aromatic N) is 3. The molecule has 1 aliphatic carbocycles. The third kappa shape index (κ3) is 10.0. The van der Waals surface area contributed by atoms with Crippen LogP contribution in [0.25, 0.3) is 0 Å². The number of hydrogen-bond donors (Lipinski definition) is 2. The first-order chi connectivity index (χ1) is 24.5. The quantitative estimate of drug-likeness (QED) is 0.294. The fourth-order valence-corrected chi connectivity index (χ4v) is 10.4. The molecule has 2 fully saturated rings. The summed E-state index contributed by atoms with van der Waals surface area (Å²) < 4.78 is 60.8. The molecule has 14 heteroatoms. The lowest BCUT2D eigenvalue weighted by Gasteiger charge is -2.49. The van der Waals surface area contributed by atoms with Crippen molar-refractivity contribution in [3.63, 3.8) is 0 Å². The van der Waals surface area contributed by atoms with Crippen molar-refractivity contribution in [2.24, 2.45) is 17.8 Å². The molecule has 2 aliphatic heterocycles. The Morgan fingerprint density at radius 2 is 1.75 bits per heavy atom. The SMILES string of the molecule is CCC[C@H](C)[C@@H](C)S(=O)(=O)NC(=O)c1ccc2c(c1)N(C[C@@H]1CC[C@H]1[C@](C)(O)CN1CCN(S(C)(=O)=O)CC1)CCCCc1cc(Cl)ccc1CO2. The summed E-state index contributed by atoms with van der Waals surface area (Å²) in [5.74, 6) is 0.0123. The van der Waals surface area contributed by atoms with Gasteiger partial charge in [0.15, 0.2) is 0 Å². The molecule has 5 atom stereocenters. The monoisotopic (exact) mass is 780 g/mol. The number of nitrogens with one attached hydrogen (secondary N) is 1. The smallest absolute Gasteiger partial charge is 0.264 e. The van der Waals surface area contributed by atoms with Gasteiger partial charge in [-0.1, -0.05) is 37.9 Å². The van der Waals surface area contributed by atoms with Crippen molar-refractivity contribution in [1.29, 1.82) is 0 Å². The number of ether oxygens (including phenoxy) is 1. The fraction of sp³-hybridized carbons (Fsp3) is 0.658. The van der Waals surface area contributed by atoms with Gasteiger partial charge in [0.05, 0.1) is 22.8 Å². The Bertz CT molecular complexity index is 1780. The van der Waals surface area contributed by atoms with E-state index in [1.807, 2.05) is 39.0 Å². The van der Waals surface area contributed by atoms with Gasteiger partial charge in [0.1, 0.15) is 12.4 Å². The van der Waals surface area contributed by atoms with Gasteiger partial charge in [-0.25, -0.2) is 21.6 Å². The Hall–Kier alpha value is -2.42. The lowest BCUT2D eigenvalue weighted by Crippen LogP contribution is -2.57. The van der Waals surface area contributed by atoms with Crippen LogP contribution in [-0.2, 0) is 33.1 Å². The Balaban J connectivity index is 1.38. The minimum absolute atomic E-state index is 0.0256. The maximum Gasteiger partial charge on any atom is 0.264 e. The molecule has 0 aromatic heterocycles. The maximum absolute atomic E-state index is 13.6. The third-order valence-electron chi connectivity index (χ3n) is 11.5. The zero-order valence-corrected chi connectivity index (χ0v) is 33.7. The van der Waals surface area contributed by atoms with Crippen molar-refractivity contribution >= 4 is 43.2 Å². The maximum atomic E-state index is 13.6. The summed E-state index contributed by atoms with van der Waals surface area (Å²) in [5, 5.41) is 11.8. The number of β-amino-alcohol motifs (C(OH)–C–C–N with tert-alkyl or cyclic N) is 1. The Labute approximate surface area is 316 Å². The molecule has 2 heterocycles. The molecule has 2 aromatic carbocycles. The van der Waals surface area contributed by atoms with Gasteiger partial charge >= 0.3 is 0 Å². The minimum atomic E-state index is -3.91. The number of carbonyl (C=O) groups is 1. The molecule has 0 bridgehead atoms. The van der Waals surface area contributed by atoms with Crippen LogP contribution in [0.15, 0.2) is 36.4 Å². The van der Waals surface area contributed by atoms with Crippen molar-refractivity contribution in [3.8, 4) is 5.75 Å². The zero-order chi connectivity index (χ0) is 37.8. The van der Waals surface area contributed by atoms with Crippen molar-refractivity contribution in [1.82, 2.24) is 13.9 Å². The summed E-state index contributed by atoms with van der Waals surface area (Å²) in [6.45, 7) is 11.5. The summed E-state index contributed by atoms with van der Waals surface area (Å²) in [7, 11) is -7.15.